The first-order valence-electron chi connectivity index (χ1n) is 9.88. The highest BCUT2D eigenvalue weighted by molar-refractivity contribution is 6.04. The number of Topliss-reactive ketones (excluding diaryl/α,β-unsaturated/α-hetero) is 2. The smallest absolute Gasteiger partial charge is 0.306 e. The van der Waals surface area contributed by atoms with Crippen LogP contribution in [0.15, 0.2) is 11.3 Å². The molecule has 0 aromatic heterocycles. The van der Waals surface area contributed by atoms with Gasteiger partial charge >= 0.3 is 5.97 Å². The number of aliphatic hydroxyl groups excluding tert-OH is 1. The first-order valence-corrected chi connectivity index (χ1v) is 9.88. The molecule has 3 saturated carbocycles. The lowest BCUT2D eigenvalue weighted by Crippen LogP contribution is -2.70. The predicted molar refractivity (Wildman–Crippen MR) is 93.1 cm³/mol. The molecule has 0 bridgehead atoms. The summed E-state index contributed by atoms with van der Waals surface area (Å²) in [5.74, 6) is -1.03. The average molecular weight is 374 g/mol. The van der Waals surface area contributed by atoms with Crippen molar-refractivity contribution in [1.82, 2.24) is 0 Å². The molecule has 1 N–H and O–H groups in total. The van der Waals surface area contributed by atoms with Crippen molar-refractivity contribution in [2.24, 2.45) is 40.4 Å². The van der Waals surface area contributed by atoms with Crippen molar-refractivity contribution in [3.63, 3.8) is 0 Å². The van der Waals surface area contributed by atoms with Crippen molar-refractivity contribution in [3.8, 4) is 0 Å². The van der Waals surface area contributed by atoms with Gasteiger partial charge in [-0.2, -0.15) is 0 Å². The number of aliphatic hydroxyl groups is 1. The molecule has 1 aliphatic heterocycles. The highest BCUT2D eigenvalue weighted by Crippen LogP contribution is 2.71. The summed E-state index contributed by atoms with van der Waals surface area (Å²) in [5.41, 5.74) is -0.830. The molecule has 4 fully saturated rings. The minimum absolute atomic E-state index is 0.00659. The van der Waals surface area contributed by atoms with Gasteiger partial charge in [-0.05, 0) is 43.1 Å². The summed E-state index contributed by atoms with van der Waals surface area (Å²) < 4.78 is 11.3. The lowest BCUT2D eigenvalue weighted by molar-refractivity contribution is -0.221. The Labute approximate surface area is 158 Å². The largest absolute Gasteiger partial charge is 0.493 e. The minimum Gasteiger partial charge on any atom is -0.493 e. The number of allylic oxidation sites excluding steroid dienone is 2. The highest BCUT2D eigenvalue weighted by Gasteiger charge is 2.75. The van der Waals surface area contributed by atoms with Gasteiger partial charge in [0.05, 0.1) is 13.5 Å². The highest BCUT2D eigenvalue weighted by atomic mass is 16.5. The van der Waals surface area contributed by atoms with Crippen LogP contribution in [-0.4, -0.2) is 42.0 Å². The van der Waals surface area contributed by atoms with Gasteiger partial charge in [-0.25, -0.2) is 0 Å². The second-order valence-corrected chi connectivity index (χ2v) is 9.61. The number of hydrogen-bond acceptors (Lipinski definition) is 6. The molecule has 1 saturated heterocycles. The first-order chi connectivity index (χ1) is 12.7. The molecule has 27 heavy (non-hydrogen) atoms. The molecule has 0 amide bonds. The number of fused-ring (bicyclic) bond motifs is 4. The van der Waals surface area contributed by atoms with Crippen LogP contribution in [0.4, 0.5) is 0 Å². The number of carbonyl (C=O) groups excluding carboxylic acids is 3. The SMILES string of the molecule is COC1=C(C)C2CC(=O)OC3CC4C5CC5C(O)C(=O)C4(C)C(C1=O)C32C. The second-order valence-electron chi connectivity index (χ2n) is 9.61. The van der Waals surface area contributed by atoms with Crippen LogP contribution in [0, 0.1) is 40.4 Å². The van der Waals surface area contributed by atoms with E-state index in [1.165, 1.54) is 7.11 Å². The fourth-order valence-electron chi connectivity index (χ4n) is 7.41. The average Bonchev–Trinajstić information content (AvgIpc) is 3.39. The van der Waals surface area contributed by atoms with E-state index in [0.29, 0.717) is 6.42 Å². The van der Waals surface area contributed by atoms with Crippen LogP contribution in [0.2, 0.25) is 0 Å². The van der Waals surface area contributed by atoms with E-state index in [2.05, 4.69) is 0 Å². The quantitative estimate of drug-likeness (QED) is 0.702. The molecule has 1 heterocycles. The lowest BCUT2D eigenvalue weighted by atomic mass is 9.40. The summed E-state index contributed by atoms with van der Waals surface area (Å²) in [6, 6.07) is 0. The van der Waals surface area contributed by atoms with Gasteiger partial charge in [0.1, 0.15) is 12.2 Å². The van der Waals surface area contributed by atoms with E-state index < -0.39 is 22.9 Å². The van der Waals surface area contributed by atoms with Crippen molar-refractivity contribution in [3.05, 3.63) is 11.3 Å². The van der Waals surface area contributed by atoms with Crippen LogP contribution < -0.4 is 0 Å². The van der Waals surface area contributed by atoms with E-state index in [1.54, 1.807) is 0 Å². The Hall–Kier alpha value is -1.69. The van der Waals surface area contributed by atoms with Crippen molar-refractivity contribution < 1.29 is 29.0 Å². The Morgan fingerprint density at radius 1 is 1.15 bits per heavy atom. The third-order valence-corrected chi connectivity index (χ3v) is 8.73. The molecule has 9 atom stereocenters. The van der Waals surface area contributed by atoms with Crippen LogP contribution in [0.3, 0.4) is 0 Å². The standard InChI is InChI=1S/C21H26O6/c1-8-11-7-14(22)27-13-6-12-9-5-10(9)15(23)19(25)21(12,3)18(20(11,13)2)16(24)17(8)26-4/h9-13,15,18,23H,5-7H2,1-4H3. The van der Waals surface area contributed by atoms with Gasteiger partial charge in [0.25, 0.3) is 0 Å². The fourth-order valence-corrected chi connectivity index (χ4v) is 7.41. The van der Waals surface area contributed by atoms with Gasteiger partial charge < -0.3 is 14.6 Å². The van der Waals surface area contributed by atoms with E-state index in [4.69, 9.17) is 9.47 Å². The lowest BCUT2D eigenvalue weighted by Gasteiger charge is -2.64. The third-order valence-electron chi connectivity index (χ3n) is 8.73. The summed E-state index contributed by atoms with van der Waals surface area (Å²) >= 11 is 0. The van der Waals surface area contributed by atoms with Gasteiger partial charge in [0.15, 0.2) is 11.5 Å². The number of esters is 1. The van der Waals surface area contributed by atoms with Crippen molar-refractivity contribution in [2.75, 3.05) is 7.11 Å². The Morgan fingerprint density at radius 3 is 2.52 bits per heavy atom. The summed E-state index contributed by atoms with van der Waals surface area (Å²) in [4.78, 5) is 39.3. The molecule has 4 aliphatic carbocycles. The molecule has 5 aliphatic rings. The number of rotatable bonds is 1. The molecule has 9 unspecified atom stereocenters. The predicted octanol–water partition coefficient (Wildman–Crippen LogP) is 1.65. The molecule has 146 valence electrons. The number of ether oxygens (including phenoxy) is 2. The topological polar surface area (TPSA) is 89.9 Å². The van der Waals surface area contributed by atoms with Crippen LogP contribution in [0.1, 0.15) is 40.0 Å². The maximum atomic E-state index is 13.6. The van der Waals surface area contributed by atoms with E-state index in [1.807, 2.05) is 20.8 Å². The zero-order valence-electron chi connectivity index (χ0n) is 16.2. The molecule has 0 aromatic carbocycles. The van der Waals surface area contributed by atoms with Crippen LogP contribution in [0.5, 0.6) is 0 Å². The van der Waals surface area contributed by atoms with Crippen molar-refractivity contribution >= 4 is 17.5 Å². The van der Waals surface area contributed by atoms with Gasteiger partial charge in [-0.3, -0.25) is 14.4 Å². The molecule has 6 heteroatoms. The Morgan fingerprint density at radius 2 is 1.85 bits per heavy atom. The van der Waals surface area contributed by atoms with Gasteiger partial charge in [-0.15, -0.1) is 0 Å². The summed E-state index contributed by atoms with van der Waals surface area (Å²) in [7, 11) is 1.47. The summed E-state index contributed by atoms with van der Waals surface area (Å²) in [6.07, 6.45) is 0.217. The second kappa shape index (κ2) is 5.02. The Balaban J connectivity index is 1.75. The van der Waals surface area contributed by atoms with Crippen molar-refractivity contribution in [2.45, 2.75) is 52.2 Å². The number of hydrogen-bond donors (Lipinski definition) is 1. The number of methoxy groups -OCH3 is 1. The maximum absolute atomic E-state index is 13.6. The fraction of sp³-hybridized carbons (Fsp3) is 0.762. The van der Waals surface area contributed by atoms with E-state index in [-0.39, 0.29) is 59.5 Å². The third kappa shape index (κ3) is 1.79. The van der Waals surface area contributed by atoms with Gasteiger partial charge in [0.2, 0.25) is 5.78 Å². The number of ketones is 2. The normalized spacial score (nSPS) is 53.2. The maximum Gasteiger partial charge on any atom is 0.306 e. The molecular weight excluding hydrogens is 348 g/mol. The zero-order valence-corrected chi connectivity index (χ0v) is 16.2. The molecule has 0 spiro atoms. The minimum atomic E-state index is -0.994. The van der Waals surface area contributed by atoms with E-state index in [9.17, 15) is 19.5 Å². The van der Waals surface area contributed by atoms with E-state index >= 15 is 0 Å². The molecule has 0 aromatic rings. The monoisotopic (exact) mass is 374 g/mol. The molecule has 5 rings (SSSR count). The molecule has 0 radical (unpaired) electrons. The molecule has 6 nitrogen and oxygen atoms in total. The van der Waals surface area contributed by atoms with Crippen LogP contribution >= 0.6 is 0 Å². The zero-order chi connectivity index (χ0) is 19.5. The first kappa shape index (κ1) is 17.4. The van der Waals surface area contributed by atoms with Gasteiger partial charge in [0, 0.05) is 22.7 Å². The molecular formula is C21H26O6. The van der Waals surface area contributed by atoms with Crippen LogP contribution in [-0.2, 0) is 23.9 Å². The summed E-state index contributed by atoms with van der Waals surface area (Å²) in [5, 5.41) is 10.6. The van der Waals surface area contributed by atoms with Crippen molar-refractivity contribution in [1.29, 1.82) is 0 Å². The summed E-state index contributed by atoms with van der Waals surface area (Å²) in [6.45, 7) is 5.71. The number of carbonyl (C=O) groups is 3. The van der Waals surface area contributed by atoms with E-state index in [0.717, 1.165) is 12.0 Å². The Bertz CT molecular complexity index is 813. The van der Waals surface area contributed by atoms with Gasteiger partial charge in [-0.1, -0.05) is 13.8 Å². The Kier molecular flexibility index (Phi) is 3.24. The van der Waals surface area contributed by atoms with Crippen LogP contribution in [0.25, 0.3) is 0 Å².